The lowest BCUT2D eigenvalue weighted by Gasteiger charge is -2.34. The van der Waals surface area contributed by atoms with Crippen LogP contribution in [0.25, 0.3) is 0 Å². The van der Waals surface area contributed by atoms with Crippen molar-refractivity contribution in [2.24, 2.45) is 0 Å². The standard InChI is InChI=1S/C37H40BrN3O4S/c1-2-30-15-9-12-20-34(30)41(46(44,45)33-18-7-4-8-19-33)27-36(42)40(26-29-21-23-31(38)24-22-29)35(25-28-13-5-3-6-14-28)37(43)39-32-16-10-11-17-32/h3-9,12-15,18-24,32,35H,2,10-11,16-17,25-27H2,1H3,(H,39,43). The van der Waals surface area contributed by atoms with Gasteiger partial charge in [0.05, 0.1) is 10.6 Å². The molecule has 7 nitrogen and oxygen atoms in total. The van der Waals surface area contributed by atoms with Gasteiger partial charge >= 0.3 is 0 Å². The molecule has 0 radical (unpaired) electrons. The third-order valence-electron chi connectivity index (χ3n) is 8.49. The van der Waals surface area contributed by atoms with Crippen LogP contribution in [0, 0.1) is 0 Å². The summed E-state index contributed by atoms with van der Waals surface area (Å²) < 4.78 is 30.6. The summed E-state index contributed by atoms with van der Waals surface area (Å²) in [5, 5.41) is 3.22. The molecule has 1 fully saturated rings. The molecule has 0 aliphatic heterocycles. The molecule has 46 heavy (non-hydrogen) atoms. The predicted molar refractivity (Wildman–Crippen MR) is 186 cm³/mol. The molecule has 1 N–H and O–H groups in total. The second-order valence-electron chi connectivity index (χ2n) is 11.7. The number of hydrogen-bond donors (Lipinski definition) is 1. The average Bonchev–Trinajstić information content (AvgIpc) is 3.59. The quantitative estimate of drug-likeness (QED) is 0.164. The third kappa shape index (κ3) is 8.25. The Morgan fingerprint density at radius 1 is 0.826 bits per heavy atom. The zero-order chi connectivity index (χ0) is 32.5. The van der Waals surface area contributed by atoms with Crippen molar-refractivity contribution >= 4 is 43.5 Å². The number of amides is 2. The molecule has 0 bridgehead atoms. The number of carbonyl (C=O) groups excluding carboxylic acids is 2. The van der Waals surface area contributed by atoms with E-state index in [0.717, 1.165) is 46.8 Å². The molecule has 5 rings (SSSR count). The van der Waals surface area contributed by atoms with Crippen LogP contribution in [0.15, 0.2) is 119 Å². The highest BCUT2D eigenvalue weighted by Crippen LogP contribution is 2.29. The molecule has 1 atom stereocenters. The summed E-state index contributed by atoms with van der Waals surface area (Å²) in [6.07, 6.45) is 4.79. The van der Waals surface area contributed by atoms with Crippen molar-refractivity contribution in [3.63, 3.8) is 0 Å². The summed E-state index contributed by atoms with van der Waals surface area (Å²) in [5.41, 5.74) is 2.98. The second kappa shape index (κ2) is 15.6. The Bertz CT molecular complexity index is 1710. The molecule has 0 heterocycles. The lowest BCUT2D eigenvalue weighted by Crippen LogP contribution is -2.54. The summed E-state index contributed by atoms with van der Waals surface area (Å²) in [6.45, 7) is 1.63. The zero-order valence-corrected chi connectivity index (χ0v) is 28.4. The van der Waals surface area contributed by atoms with E-state index in [9.17, 15) is 18.0 Å². The molecule has 9 heteroatoms. The Morgan fingerprint density at radius 3 is 2.09 bits per heavy atom. The van der Waals surface area contributed by atoms with E-state index in [1.165, 1.54) is 16.4 Å². The molecule has 4 aromatic carbocycles. The van der Waals surface area contributed by atoms with Gasteiger partial charge in [0.1, 0.15) is 12.6 Å². The molecule has 1 saturated carbocycles. The van der Waals surface area contributed by atoms with Crippen molar-refractivity contribution in [2.45, 2.75) is 69.0 Å². The predicted octanol–water partition coefficient (Wildman–Crippen LogP) is 6.91. The molecule has 0 spiro atoms. The van der Waals surface area contributed by atoms with E-state index in [1.807, 2.05) is 73.7 Å². The fourth-order valence-electron chi connectivity index (χ4n) is 5.99. The summed E-state index contributed by atoms with van der Waals surface area (Å²) in [7, 11) is -4.14. The zero-order valence-electron chi connectivity index (χ0n) is 26.0. The molecule has 1 unspecified atom stereocenters. The highest BCUT2D eigenvalue weighted by atomic mass is 79.9. The first kappa shape index (κ1) is 33.4. The van der Waals surface area contributed by atoms with Crippen molar-refractivity contribution in [3.8, 4) is 0 Å². The number of nitrogens with one attached hydrogen (secondary N) is 1. The van der Waals surface area contributed by atoms with Gasteiger partial charge in [0.15, 0.2) is 0 Å². The van der Waals surface area contributed by atoms with Crippen LogP contribution in [0.2, 0.25) is 0 Å². The van der Waals surface area contributed by atoms with E-state index in [4.69, 9.17) is 0 Å². The number of sulfonamides is 1. The van der Waals surface area contributed by atoms with Crippen molar-refractivity contribution in [3.05, 3.63) is 130 Å². The van der Waals surface area contributed by atoms with Crippen LogP contribution in [0.5, 0.6) is 0 Å². The van der Waals surface area contributed by atoms with Gasteiger partial charge in [0.25, 0.3) is 10.0 Å². The summed E-state index contributed by atoms with van der Waals surface area (Å²) >= 11 is 3.48. The fourth-order valence-corrected chi connectivity index (χ4v) is 7.73. The minimum Gasteiger partial charge on any atom is -0.352 e. The Hall–Kier alpha value is -3.95. The molecule has 4 aromatic rings. The van der Waals surface area contributed by atoms with Crippen molar-refractivity contribution in [2.75, 3.05) is 10.8 Å². The number of rotatable bonds is 13. The Balaban J connectivity index is 1.58. The van der Waals surface area contributed by atoms with Crippen LogP contribution in [0.1, 0.15) is 49.3 Å². The van der Waals surface area contributed by atoms with Crippen LogP contribution in [-0.4, -0.2) is 43.8 Å². The largest absolute Gasteiger partial charge is 0.352 e. The maximum atomic E-state index is 14.7. The lowest BCUT2D eigenvalue weighted by atomic mass is 10.0. The number of aryl methyl sites for hydroxylation is 1. The van der Waals surface area contributed by atoms with Gasteiger partial charge < -0.3 is 10.2 Å². The number of nitrogens with zero attached hydrogens (tertiary/aromatic N) is 2. The van der Waals surface area contributed by atoms with Crippen LogP contribution in [0.4, 0.5) is 5.69 Å². The van der Waals surface area contributed by atoms with E-state index in [1.54, 1.807) is 35.2 Å². The summed E-state index contributed by atoms with van der Waals surface area (Å²) in [6, 6.07) is 31.9. The van der Waals surface area contributed by atoms with Gasteiger partial charge in [-0.25, -0.2) is 8.42 Å². The molecular weight excluding hydrogens is 662 g/mol. The Kier molecular flexibility index (Phi) is 11.3. The fraction of sp³-hybridized carbons (Fsp3) is 0.297. The highest BCUT2D eigenvalue weighted by Gasteiger charge is 2.36. The van der Waals surface area contributed by atoms with Crippen molar-refractivity contribution in [1.29, 1.82) is 0 Å². The van der Waals surface area contributed by atoms with Gasteiger partial charge in [-0.05, 0) is 66.3 Å². The number of halogens is 1. The summed E-state index contributed by atoms with van der Waals surface area (Å²) in [5.74, 6) is -0.691. The lowest BCUT2D eigenvalue weighted by molar-refractivity contribution is -0.140. The van der Waals surface area contributed by atoms with E-state index in [-0.39, 0.29) is 23.4 Å². The van der Waals surface area contributed by atoms with Gasteiger partial charge in [0, 0.05) is 23.5 Å². The number of benzene rings is 4. The molecule has 0 saturated heterocycles. The first-order chi connectivity index (χ1) is 22.3. The van der Waals surface area contributed by atoms with Crippen molar-refractivity contribution < 1.29 is 18.0 Å². The maximum Gasteiger partial charge on any atom is 0.264 e. The molecule has 0 aromatic heterocycles. The van der Waals surface area contributed by atoms with Gasteiger partial charge in [0.2, 0.25) is 11.8 Å². The smallest absolute Gasteiger partial charge is 0.264 e. The Labute approximate surface area is 280 Å². The number of hydrogen-bond acceptors (Lipinski definition) is 4. The first-order valence-corrected chi connectivity index (χ1v) is 18.0. The second-order valence-corrected chi connectivity index (χ2v) is 14.4. The van der Waals surface area contributed by atoms with Crippen molar-refractivity contribution in [1.82, 2.24) is 10.2 Å². The number of carbonyl (C=O) groups is 2. The normalized spacial score (nSPS) is 14.0. The van der Waals surface area contributed by atoms with Gasteiger partial charge in [-0.2, -0.15) is 0 Å². The topological polar surface area (TPSA) is 86.8 Å². The van der Waals surface area contributed by atoms with Gasteiger partial charge in [-0.15, -0.1) is 0 Å². The maximum absolute atomic E-state index is 14.7. The molecule has 1 aliphatic carbocycles. The van der Waals surface area contributed by atoms with Crippen LogP contribution >= 0.6 is 15.9 Å². The van der Waals surface area contributed by atoms with E-state index in [0.29, 0.717) is 18.5 Å². The Morgan fingerprint density at radius 2 is 1.43 bits per heavy atom. The third-order valence-corrected chi connectivity index (χ3v) is 10.8. The first-order valence-electron chi connectivity index (χ1n) is 15.8. The number of para-hydroxylation sites is 1. The number of anilines is 1. The minimum atomic E-state index is -4.14. The van der Waals surface area contributed by atoms with Crippen LogP contribution in [-0.2, 0) is 39.0 Å². The minimum absolute atomic E-state index is 0.0572. The summed E-state index contributed by atoms with van der Waals surface area (Å²) in [4.78, 5) is 30.5. The monoisotopic (exact) mass is 701 g/mol. The van der Waals surface area contributed by atoms with Gasteiger partial charge in [-0.1, -0.05) is 115 Å². The van der Waals surface area contributed by atoms with E-state index < -0.39 is 28.5 Å². The molecular formula is C37H40BrN3O4S. The average molecular weight is 703 g/mol. The molecule has 240 valence electrons. The van der Waals surface area contributed by atoms with Crippen LogP contribution < -0.4 is 9.62 Å². The van der Waals surface area contributed by atoms with Crippen LogP contribution in [0.3, 0.4) is 0 Å². The molecule has 2 amide bonds. The molecule has 1 aliphatic rings. The van der Waals surface area contributed by atoms with E-state index >= 15 is 0 Å². The van der Waals surface area contributed by atoms with Gasteiger partial charge in [-0.3, -0.25) is 13.9 Å². The highest BCUT2D eigenvalue weighted by molar-refractivity contribution is 9.10. The SMILES string of the molecule is CCc1ccccc1N(CC(=O)N(Cc1ccc(Br)cc1)C(Cc1ccccc1)C(=O)NC1CCCC1)S(=O)(=O)c1ccccc1. The van der Waals surface area contributed by atoms with E-state index in [2.05, 4.69) is 21.2 Å².